The van der Waals surface area contributed by atoms with Gasteiger partial charge in [0.25, 0.3) is 17.5 Å². The number of carbonyl (C=O) groups excluding carboxylic acids is 3. The first kappa shape index (κ1) is 18.3. The summed E-state index contributed by atoms with van der Waals surface area (Å²) in [4.78, 5) is 48.1. The number of rotatable bonds is 5. The van der Waals surface area contributed by atoms with E-state index in [-0.39, 0.29) is 24.4 Å². The topological polar surface area (TPSA) is 131 Å². The molecule has 10 nitrogen and oxygen atoms in total. The summed E-state index contributed by atoms with van der Waals surface area (Å²) in [5, 5.41) is 14.6. The van der Waals surface area contributed by atoms with Crippen molar-refractivity contribution >= 4 is 34.9 Å². The number of nitrogens with zero attached hydrogens (tertiary/aromatic N) is 3. The van der Waals surface area contributed by atoms with Gasteiger partial charge in [-0.25, -0.2) is 4.79 Å². The molecule has 0 spiro atoms. The molecule has 0 unspecified atom stereocenters. The molecular weight excluding hydrogens is 380 g/mol. The van der Waals surface area contributed by atoms with Crippen molar-refractivity contribution in [2.45, 2.75) is 12.5 Å². The Kier molecular flexibility index (Phi) is 4.51. The lowest BCUT2D eigenvalue weighted by Crippen LogP contribution is -2.36. The third kappa shape index (κ3) is 3.43. The van der Waals surface area contributed by atoms with Crippen LogP contribution in [-0.2, 0) is 9.53 Å². The number of hydrogen-bond acceptors (Lipinski definition) is 8. The van der Waals surface area contributed by atoms with Gasteiger partial charge >= 0.3 is 5.97 Å². The lowest BCUT2D eigenvalue weighted by atomic mass is 10.1. The second kappa shape index (κ2) is 7.15. The van der Waals surface area contributed by atoms with E-state index in [1.165, 1.54) is 24.3 Å². The standard InChI is InChI=1S/C19H14N4O6/c24-17-14-3-1-2-4-15(14)18(25)22(17)10-13-9-16(19(26)29-13)21-20-11-5-7-12(8-6-11)23(27)28/h1-8,13,20H,9-10H2/b21-16+/t13-/m1/s1. The number of nitro groups is 1. The lowest BCUT2D eigenvalue weighted by molar-refractivity contribution is -0.384. The predicted octanol–water partition coefficient (Wildman–Crippen LogP) is 1.97. The van der Waals surface area contributed by atoms with Crippen LogP contribution < -0.4 is 5.43 Å². The second-order valence-electron chi connectivity index (χ2n) is 6.47. The molecule has 10 heteroatoms. The molecular formula is C19H14N4O6. The van der Waals surface area contributed by atoms with Gasteiger partial charge in [0.05, 0.1) is 28.3 Å². The molecule has 2 aliphatic rings. The van der Waals surface area contributed by atoms with Gasteiger partial charge in [-0.2, -0.15) is 5.10 Å². The van der Waals surface area contributed by atoms with Gasteiger partial charge in [0.2, 0.25) is 0 Å². The number of hydrazone groups is 1. The Bertz CT molecular complexity index is 1030. The average molecular weight is 394 g/mol. The molecule has 0 radical (unpaired) electrons. The van der Waals surface area contributed by atoms with Gasteiger partial charge in [-0.3, -0.25) is 30.0 Å². The van der Waals surface area contributed by atoms with Crippen LogP contribution in [0, 0.1) is 10.1 Å². The van der Waals surface area contributed by atoms with E-state index in [2.05, 4.69) is 10.5 Å². The maximum Gasteiger partial charge on any atom is 0.354 e. The number of imide groups is 1. The van der Waals surface area contributed by atoms with Gasteiger partial charge in [-0.1, -0.05) is 12.1 Å². The van der Waals surface area contributed by atoms with E-state index in [9.17, 15) is 24.5 Å². The quantitative estimate of drug-likeness (QED) is 0.355. The van der Waals surface area contributed by atoms with Crippen molar-refractivity contribution in [3.8, 4) is 0 Å². The largest absolute Gasteiger partial charge is 0.456 e. The first-order chi connectivity index (χ1) is 13.9. The first-order valence-electron chi connectivity index (χ1n) is 8.67. The molecule has 2 aliphatic heterocycles. The van der Waals surface area contributed by atoms with Crippen LogP contribution in [0.4, 0.5) is 11.4 Å². The van der Waals surface area contributed by atoms with Gasteiger partial charge in [-0.15, -0.1) is 0 Å². The Morgan fingerprint density at radius 3 is 2.28 bits per heavy atom. The zero-order valence-electron chi connectivity index (χ0n) is 14.9. The monoisotopic (exact) mass is 394 g/mol. The van der Waals surface area contributed by atoms with Crippen molar-refractivity contribution in [1.82, 2.24) is 4.90 Å². The number of cyclic esters (lactones) is 1. The highest BCUT2D eigenvalue weighted by atomic mass is 16.6. The van der Waals surface area contributed by atoms with Gasteiger partial charge in [0.15, 0.2) is 0 Å². The highest BCUT2D eigenvalue weighted by Crippen LogP contribution is 2.25. The molecule has 0 saturated carbocycles. The van der Waals surface area contributed by atoms with Crippen LogP contribution in [0.5, 0.6) is 0 Å². The third-order valence-electron chi connectivity index (χ3n) is 4.59. The predicted molar refractivity (Wildman–Crippen MR) is 100 cm³/mol. The summed E-state index contributed by atoms with van der Waals surface area (Å²) in [6.07, 6.45) is -0.575. The molecule has 4 rings (SSSR count). The van der Waals surface area contributed by atoms with Gasteiger partial charge < -0.3 is 4.74 Å². The summed E-state index contributed by atoms with van der Waals surface area (Å²) in [7, 11) is 0. The van der Waals surface area contributed by atoms with E-state index >= 15 is 0 Å². The van der Waals surface area contributed by atoms with Crippen LogP contribution in [0.3, 0.4) is 0 Å². The molecule has 1 N–H and O–H groups in total. The number of benzene rings is 2. The normalized spacial score (nSPS) is 19.4. The molecule has 0 aromatic heterocycles. The van der Waals surface area contributed by atoms with E-state index in [0.717, 1.165) is 4.90 Å². The first-order valence-corrected chi connectivity index (χ1v) is 8.67. The van der Waals surface area contributed by atoms with Gasteiger partial charge in [-0.05, 0) is 24.3 Å². The Morgan fingerprint density at radius 2 is 1.69 bits per heavy atom. The summed E-state index contributed by atoms with van der Waals surface area (Å²) in [6, 6.07) is 12.0. The molecule has 0 bridgehead atoms. The van der Waals surface area contributed by atoms with Crippen molar-refractivity contribution in [2.75, 3.05) is 12.0 Å². The van der Waals surface area contributed by atoms with Gasteiger partial charge in [0, 0.05) is 18.6 Å². The Balaban J connectivity index is 1.41. The Hall–Kier alpha value is -4.08. The van der Waals surface area contributed by atoms with E-state index in [1.54, 1.807) is 24.3 Å². The SMILES string of the molecule is O=C1O[C@@H](CN2C(=O)c3ccccc3C2=O)C/C1=N\Nc1ccc([N+](=O)[O-])cc1. The molecule has 2 heterocycles. The number of esters is 1. The molecule has 146 valence electrons. The third-order valence-corrected chi connectivity index (χ3v) is 4.59. The maximum atomic E-state index is 12.4. The molecule has 1 saturated heterocycles. The number of fused-ring (bicyclic) bond motifs is 1. The van der Waals surface area contributed by atoms with Gasteiger partial charge in [0.1, 0.15) is 11.8 Å². The molecule has 29 heavy (non-hydrogen) atoms. The van der Waals surface area contributed by atoms with Crippen LogP contribution in [0.25, 0.3) is 0 Å². The highest BCUT2D eigenvalue weighted by molar-refractivity contribution is 6.38. The number of hydrogen-bond donors (Lipinski definition) is 1. The number of nitrogens with one attached hydrogen (secondary N) is 1. The van der Waals surface area contributed by atoms with Crippen molar-refractivity contribution in [1.29, 1.82) is 0 Å². The molecule has 0 aliphatic carbocycles. The lowest BCUT2D eigenvalue weighted by Gasteiger charge is -2.17. The molecule has 2 aromatic rings. The van der Waals surface area contributed by atoms with E-state index < -0.39 is 28.8 Å². The number of anilines is 1. The zero-order chi connectivity index (χ0) is 20.5. The van der Waals surface area contributed by atoms with Crippen LogP contribution >= 0.6 is 0 Å². The van der Waals surface area contributed by atoms with E-state index in [4.69, 9.17) is 4.74 Å². The van der Waals surface area contributed by atoms with Crippen molar-refractivity contribution in [2.24, 2.45) is 5.10 Å². The Labute approximate surface area is 163 Å². The summed E-state index contributed by atoms with van der Waals surface area (Å²) in [5.74, 6) is -1.49. The fourth-order valence-corrected chi connectivity index (χ4v) is 3.15. The molecule has 2 amide bonds. The minimum Gasteiger partial charge on any atom is -0.456 e. The summed E-state index contributed by atoms with van der Waals surface area (Å²) >= 11 is 0. The zero-order valence-corrected chi connectivity index (χ0v) is 14.9. The van der Waals surface area contributed by atoms with Crippen LogP contribution in [0.1, 0.15) is 27.1 Å². The Morgan fingerprint density at radius 1 is 1.07 bits per heavy atom. The van der Waals surface area contributed by atoms with E-state index in [1.807, 2.05) is 0 Å². The number of non-ortho nitro benzene ring substituents is 1. The maximum absolute atomic E-state index is 12.4. The van der Waals surface area contributed by atoms with Crippen LogP contribution in [-0.4, -0.2) is 46.0 Å². The van der Waals surface area contributed by atoms with Crippen molar-refractivity contribution < 1.29 is 24.0 Å². The van der Waals surface area contributed by atoms with Crippen LogP contribution in [0.15, 0.2) is 53.6 Å². The fraction of sp³-hybridized carbons (Fsp3) is 0.158. The second-order valence-corrected chi connectivity index (χ2v) is 6.47. The van der Waals surface area contributed by atoms with Crippen molar-refractivity contribution in [3.63, 3.8) is 0 Å². The minimum absolute atomic E-state index is 0.0609. The smallest absolute Gasteiger partial charge is 0.354 e. The van der Waals surface area contributed by atoms with Crippen molar-refractivity contribution in [3.05, 3.63) is 69.8 Å². The number of nitro benzene ring substituents is 1. The minimum atomic E-state index is -0.692. The highest BCUT2D eigenvalue weighted by Gasteiger charge is 2.40. The molecule has 2 aromatic carbocycles. The summed E-state index contributed by atoms with van der Waals surface area (Å²) in [5.41, 5.74) is 3.80. The summed E-state index contributed by atoms with van der Waals surface area (Å²) < 4.78 is 5.23. The number of ether oxygens (including phenoxy) is 1. The molecule has 1 fully saturated rings. The molecule has 1 atom stereocenters. The summed E-state index contributed by atoms with van der Waals surface area (Å²) in [6.45, 7) is -0.0609. The number of amides is 2. The fourth-order valence-electron chi connectivity index (χ4n) is 3.15. The average Bonchev–Trinajstić information content (AvgIpc) is 3.19. The van der Waals surface area contributed by atoms with E-state index in [0.29, 0.717) is 16.8 Å². The van der Waals surface area contributed by atoms with Crippen LogP contribution in [0.2, 0.25) is 0 Å². The number of carbonyl (C=O) groups is 3.